The quantitative estimate of drug-likeness (QED) is 0.811. The zero-order valence-corrected chi connectivity index (χ0v) is 15.3. The van der Waals surface area contributed by atoms with Crippen molar-refractivity contribution in [1.29, 1.82) is 0 Å². The first-order valence-electron chi connectivity index (χ1n) is 8.32. The van der Waals surface area contributed by atoms with Crippen molar-refractivity contribution < 1.29 is 18.0 Å². The van der Waals surface area contributed by atoms with Crippen molar-refractivity contribution in [2.75, 3.05) is 13.1 Å². The summed E-state index contributed by atoms with van der Waals surface area (Å²) in [5, 5.41) is 0. The van der Waals surface area contributed by atoms with Crippen LogP contribution in [0.2, 0.25) is 0 Å². The minimum absolute atomic E-state index is 0.0271. The third-order valence-corrected chi connectivity index (χ3v) is 5.89. The maximum absolute atomic E-state index is 12.4. The molecule has 0 unspecified atom stereocenters. The number of Topliss-reactive ketones (excluding diaryl/α,β-unsaturated/α-hetero) is 1. The van der Waals surface area contributed by atoms with Crippen molar-refractivity contribution in [3.05, 3.63) is 65.2 Å². The predicted molar refractivity (Wildman–Crippen MR) is 97.2 cm³/mol. The standard InChI is InChI=1S/C19H20N2O4S/c1-14(22)15-6-8-18(9-7-15)26(24,25)20-12-19(23)21-11-10-16-4-2-3-5-17(16)13-21/h2-9,20H,10-13H2,1H3. The Labute approximate surface area is 152 Å². The number of nitrogens with zero attached hydrogens (tertiary/aromatic N) is 1. The zero-order chi connectivity index (χ0) is 18.7. The van der Waals surface area contributed by atoms with Crippen LogP contribution in [-0.2, 0) is 27.8 Å². The lowest BCUT2D eigenvalue weighted by atomic mass is 10.00. The third kappa shape index (κ3) is 4.00. The van der Waals surface area contributed by atoms with Gasteiger partial charge in [-0.15, -0.1) is 0 Å². The van der Waals surface area contributed by atoms with Crippen molar-refractivity contribution in [2.45, 2.75) is 24.8 Å². The number of ketones is 1. The molecule has 2 aromatic rings. The van der Waals surface area contributed by atoms with Gasteiger partial charge in [0.1, 0.15) is 0 Å². The molecule has 1 aliphatic rings. The number of rotatable bonds is 5. The minimum Gasteiger partial charge on any atom is -0.337 e. The Morgan fingerprint density at radius 1 is 1.04 bits per heavy atom. The Morgan fingerprint density at radius 2 is 1.69 bits per heavy atom. The Hall–Kier alpha value is -2.51. The summed E-state index contributed by atoms with van der Waals surface area (Å²) < 4.78 is 27.0. The van der Waals surface area contributed by atoms with Gasteiger partial charge in [0.25, 0.3) is 0 Å². The molecule has 1 amide bonds. The van der Waals surface area contributed by atoms with Gasteiger partial charge in [-0.25, -0.2) is 13.1 Å². The molecule has 6 nitrogen and oxygen atoms in total. The van der Waals surface area contributed by atoms with Crippen LogP contribution in [0.3, 0.4) is 0 Å². The largest absolute Gasteiger partial charge is 0.337 e. The fourth-order valence-corrected chi connectivity index (χ4v) is 3.90. The molecule has 0 fully saturated rings. The summed E-state index contributed by atoms with van der Waals surface area (Å²) in [5.74, 6) is -0.397. The monoisotopic (exact) mass is 372 g/mol. The van der Waals surface area contributed by atoms with Gasteiger partial charge in [0.15, 0.2) is 5.78 Å². The Kier molecular flexibility index (Phi) is 5.20. The van der Waals surface area contributed by atoms with Gasteiger partial charge >= 0.3 is 0 Å². The van der Waals surface area contributed by atoms with E-state index in [1.165, 1.54) is 36.8 Å². The van der Waals surface area contributed by atoms with Crippen LogP contribution in [0.25, 0.3) is 0 Å². The highest BCUT2D eigenvalue weighted by Gasteiger charge is 2.22. The van der Waals surface area contributed by atoms with E-state index in [0.29, 0.717) is 18.7 Å². The zero-order valence-electron chi connectivity index (χ0n) is 14.4. The molecule has 0 aliphatic carbocycles. The highest BCUT2D eigenvalue weighted by atomic mass is 32.2. The lowest BCUT2D eigenvalue weighted by Crippen LogP contribution is -2.42. The van der Waals surface area contributed by atoms with E-state index in [0.717, 1.165) is 12.0 Å². The van der Waals surface area contributed by atoms with Gasteiger partial charge in [-0.3, -0.25) is 9.59 Å². The van der Waals surface area contributed by atoms with Crippen molar-refractivity contribution in [1.82, 2.24) is 9.62 Å². The third-order valence-electron chi connectivity index (χ3n) is 4.47. The smallest absolute Gasteiger partial charge is 0.241 e. The molecule has 7 heteroatoms. The maximum atomic E-state index is 12.4. The van der Waals surface area contributed by atoms with Gasteiger partial charge in [0.2, 0.25) is 15.9 Å². The molecule has 26 heavy (non-hydrogen) atoms. The lowest BCUT2D eigenvalue weighted by Gasteiger charge is -2.29. The second kappa shape index (κ2) is 7.39. The number of hydrogen-bond donors (Lipinski definition) is 1. The van der Waals surface area contributed by atoms with Crippen molar-refractivity contribution in [3.8, 4) is 0 Å². The Bertz CT molecular complexity index is 936. The fraction of sp³-hybridized carbons (Fsp3) is 0.263. The van der Waals surface area contributed by atoms with Crippen LogP contribution in [0, 0.1) is 0 Å². The van der Waals surface area contributed by atoms with Crippen molar-refractivity contribution in [2.24, 2.45) is 0 Å². The molecule has 0 saturated heterocycles. The molecule has 0 radical (unpaired) electrons. The van der Waals surface area contributed by atoms with Gasteiger partial charge < -0.3 is 4.90 Å². The summed E-state index contributed by atoms with van der Waals surface area (Å²) in [7, 11) is -3.81. The lowest BCUT2D eigenvalue weighted by molar-refractivity contribution is -0.130. The number of fused-ring (bicyclic) bond motifs is 1. The first kappa shape index (κ1) is 18.3. The number of amides is 1. The molecule has 1 N–H and O–H groups in total. The minimum atomic E-state index is -3.81. The fourth-order valence-electron chi connectivity index (χ4n) is 2.93. The number of carbonyl (C=O) groups is 2. The van der Waals surface area contributed by atoms with Crippen LogP contribution >= 0.6 is 0 Å². The molecule has 0 saturated carbocycles. The molecule has 136 valence electrons. The van der Waals surface area contributed by atoms with Crippen LogP contribution in [0.1, 0.15) is 28.4 Å². The summed E-state index contributed by atoms with van der Waals surface area (Å²) in [6, 6.07) is 13.6. The van der Waals surface area contributed by atoms with E-state index in [1.54, 1.807) is 4.90 Å². The van der Waals surface area contributed by atoms with Crippen LogP contribution in [0.4, 0.5) is 0 Å². The SMILES string of the molecule is CC(=O)c1ccc(S(=O)(=O)NCC(=O)N2CCc3ccccc3C2)cc1. The summed E-state index contributed by atoms with van der Waals surface area (Å²) in [4.78, 5) is 25.3. The van der Waals surface area contributed by atoms with Gasteiger partial charge in [-0.1, -0.05) is 36.4 Å². The number of benzene rings is 2. The number of carbonyl (C=O) groups excluding carboxylic acids is 2. The average molecular weight is 372 g/mol. The second-order valence-corrected chi connectivity index (χ2v) is 8.01. The number of hydrogen-bond acceptors (Lipinski definition) is 4. The van der Waals surface area contributed by atoms with E-state index in [9.17, 15) is 18.0 Å². The Morgan fingerprint density at radius 3 is 2.35 bits per heavy atom. The molecule has 0 bridgehead atoms. The topological polar surface area (TPSA) is 83.5 Å². The van der Waals surface area contributed by atoms with Gasteiger partial charge in [-0.05, 0) is 36.6 Å². The van der Waals surface area contributed by atoms with Crippen molar-refractivity contribution in [3.63, 3.8) is 0 Å². The van der Waals surface area contributed by atoms with E-state index in [-0.39, 0.29) is 23.1 Å². The average Bonchev–Trinajstić information content (AvgIpc) is 2.66. The highest BCUT2D eigenvalue weighted by molar-refractivity contribution is 7.89. The summed E-state index contributed by atoms with van der Waals surface area (Å²) >= 11 is 0. The molecule has 0 aromatic heterocycles. The summed E-state index contributed by atoms with van der Waals surface area (Å²) in [6.07, 6.45) is 0.765. The second-order valence-electron chi connectivity index (χ2n) is 6.24. The van der Waals surface area contributed by atoms with E-state index >= 15 is 0 Å². The van der Waals surface area contributed by atoms with E-state index in [4.69, 9.17) is 0 Å². The molecule has 3 rings (SSSR count). The Balaban J connectivity index is 1.63. The molecule has 0 atom stereocenters. The maximum Gasteiger partial charge on any atom is 0.241 e. The molecule has 1 heterocycles. The summed E-state index contributed by atoms with van der Waals surface area (Å²) in [6.45, 7) is 2.19. The molecular weight excluding hydrogens is 352 g/mol. The highest BCUT2D eigenvalue weighted by Crippen LogP contribution is 2.18. The van der Waals surface area contributed by atoms with Crippen molar-refractivity contribution >= 4 is 21.7 Å². The molecular formula is C19H20N2O4S. The first-order valence-corrected chi connectivity index (χ1v) is 9.80. The predicted octanol–water partition coefficient (Wildman–Crippen LogP) is 1.75. The van der Waals surface area contributed by atoms with E-state index in [1.807, 2.05) is 24.3 Å². The molecule has 1 aliphatic heterocycles. The number of sulfonamides is 1. The molecule has 2 aromatic carbocycles. The van der Waals surface area contributed by atoms with Crippen LogP contribution in [0.15, 0.2) is 53.4 Å². The van der Waals surface area contributed by atoms with E-state index in [2.05, 4.69) is 4.72 Å². The molecule has 0 spiro atoms. The number of nitrogens with one attached hydrogen (secondary N) is 1. The summed E-state index contributed by atoms with van der Waals surface area (Å²) in [5.41, 5.74) is 2.75. The normalized spacial score (nSPS) is 14.0. The van der Waals surface area contributed by atoms with Crippen LogP contribution < -0.4 is 4.72 Å². The first-order chi connectivity index (χ1) is 12.4. The van der Waals surface area contributed by atoms with E-state index < -0.39 is 10.0 Å². The van der Waals surface area contributed by atoms with Gasteiger partial charge in [-0.2, -0.15) is 0 Å². The van der Waals surface area contributed by atoms with Gasteiger partial charge in [0.05, 0.1) is 11.4 Å². The van der Waals surface area contributed by atoms with Crippen LogP contribution in [-0.4, -0.2) is 38.1 Å². The van der Waals surface area contributed by atoms with Crippen LogP contribution in [0.5, 0.6) is 0 Å². The van der Waals surface area contributed by atoms with Gasteiger partial charge in [0, 0.05) is 18.7 Å².